The molecule has 0 unspecified atom stereocenters. The van der Waals surface area contributed by atoms with E-state index in [1.165, 1.54) is 5.56 Å². The summed E-state index contributed by atoms with van der Waals surface area (Å²) in [6.45, 7) is 4.11. The molecule has 0 radical (unpaired) electrons. The minimum atomic E-state index is 0.440. The Labute approximate surface area is 140 Å². The summed E-state index contributed by atoms with van der Waals surface area (Å²) in [7, 11) is 1.64. The Morgan fingerprint density at radius 2 is 1.88 bits per heavy atom. The molecule has 1 aromatic heterocycles. The van der Waals surface area contributed by atoms with E-state index in [1.807, 2.05) is 43.3 Å². The number of nitrogens with one attached hydrogen (secondary N) is 2. The third kappa shape index (κ3) is 3.78. The van der Waals surface area contributed by atoms with Gasteiger partial charge in [0.2, 0.25) is 5.95 Å². The Bertz CT molecular complexity index is 850. The third-order valence-electron chi connectivity index (χ3n) is 3.53. The highest BCUT2D eigenvalue weighted by Crippen LogP contribution is 2.22. The molecule has 6 heteroatoms. The van der Waals surface area contributed by atoms with Crippen molar-refractivity contribution < 1.29 is 4.74 Å². The Kier molecular flexibility index (Phi) is 4.56. The summed E-state index contributed by atoms with van der Waals surface area (Å²) in [5.41, 5.74) is 4.17. The fourth-order valence-electron chi connectivity index (χ4n) is 2.34. The molecule has 2 N–H and O–H groups in total. The van der Waals surface area contributed by atoms with Crippen LogP contribution in [-0.4, -0.2) is 22.3 Å². The molecule has 6 nitrogen and oxygen atoms in total. The summed E-state index contributed by atoms with van der Waals surface area (Å²) in [6.07, 6.45) is 1.58. The van der Waals surface area contributed by atoms with Crippen LogP contribution in [0.15, 0.2) is 48.7 Å². The highest BCUT2D eigenvalue weighted by molar-refractivity contribution is 5.61. The molecule has 1 heterocycles. The van der Waals surface area contributed by atoms with Gasteiger partial charge in [0.15, 0.2) is 5.82 Å². The number of aryl methyl sites for hydroxylation is 2. The van der Waals surface area contributed by atoms with Crippen LogP contribution in [0.25, 0.3) is 0 Å². The number of hydrogen-bond acceptors (Lipinski definition) is 6. The number of aromatic nitrogens is 3. The molecule has 0 aliphatic carbocycles. The van der Waals surface area contributed by atoms with Crippen molar-refractivity contribution >= 4 is 23.1 Å². The summed E-state index contributed by atoms with van der Waals surface area (Å²) >= 11 is 0. The molecule has 0 fully saturated rings. The normalized spacial score (nSPS) is 10.3. The second-order valence-electron chi connectivity index (χ2n) is 5.47. The van der Waals surface area contributed by atoms with Gasteiger partial charge in [-0.1, -0.05) is 23.8 Å². The van der Waals surface area contributed by atoms with Crippen molar-refractivity contribution in [1.29, 1.82) is 0 Å². The van der Waals surface area contributed by atoms with Gasteiger partial charge in [0, 0.05) is 17.4 Å². The molecule has 3 aromatic rings. The first-order chi connectivity index (χ1) is 11.6. The Morgan fingerprint density at radius 1 is 1.00 bits per heavy atom. The summed E-state index contributed by atoms with van der Waals surface area (Å²) < 4.78 is 5.22. The quantitative estimate of drug-likeness (QED) is 0.740. The van der Waals surface area contributed by atoms with E-state index in [0.717, 1.165) is 22.7 Å². The van der Waals surface area contributed by atoms with Crippen LogP contribution in [0.4, 0.5) is 23.1 Å². The lowest BCUT2D eigenvalue weighted by molar-refractivity contribution is 0.415. The van der Waals surface area contributed by atoms with E-state index >= 15 is 0 Å². The molecule has 0 aliphatic rings. The van der Waals surface area contributed by atoms with E-state index < -0.39 is 0 Å². The van der Waals surface area contributed by atoms with Crippen molar-refractivity contribution in [2.45, 2.75) is 13.8 Å². The SMILES string of the molecule is COc1cccc(Nc2cnnc(Nc3ccc(C)cc3C)n2)c1. The number of methoxy groups -OCH3 is 1. The lowest BCUT2D eigenvalue weighted by atomic mass is 10.1. The first-order valence-corrected chi connectivity index (χ1v) is 7.59. The zero-order valence-corrected chi connectivity index (χ0v) is 13.9. The molecule has 0 saturated carbocycles. The lowest BCUT2D eigenvalue weighted by Crippen LogP contribution is -2.03. The maximum atomic E-state index is 5.22. The van der Waals surface area contributed by atoms with Gasteiger partial charge in [0.1, 0.15) is 5.75 Å². The van der Waals surface area contributed by atoms with Crippen molar-refractivity contribution in [3.8, 4) is 5.75 Å². The largest absolute Gasteiger partial charge is 0.497 e. The van der Waals surface area contributed by atoms with Gasteiger partial charge in [-0.05, 0) is 37.6 Å². The Morgan fingerprint density at radius 3 is 2.67 bits per heavy atom. The van der Waals surface area contributed by atoms with Crippen molar-refractivity contribution in [3.63, 3.8) is 0 Å². The number of benzene rings is 2. The maximum Gasteiger partial charge on any atom is 0.249 e. The molecule has 3 rings (SSSR count). The van der Waals surface area contributed by atoms with Crippen LogP contribution in [-0.2, 0) is 0 Å². The number of hydrogen-bond donors (Lipinski definition) is 2. The van der Waals surface area contributed by atoms with Crippen LogP contribution in [0.5, 0.6) is 5.75 Å². The highest BCUT2D eigenvalue weighted by atomic mass is 16.5. The first kappa shape index (κ1) is 15.7. The molecular weight excluding hydrogens is 302 g/mol. The molecule has 0 amide bonds. The molecule has 0 saturated heterocycles. The van der Waals surface area contributed by atoms with Gasteiger partial charge in [0.05, 0.1) is 13.3 Å². The summed E-state index contributed by atoms with van der Waals surface area (Å²) in [5, 5.41) is 14.4. The monoisotopic (exact) mass is 321 g/mol. The van der Waals surface area contributed by atoms with Crippen LogP contribution in [0.3, 0.4) is 0 Å². The molecule has 0 aliphatic heterocycles. The number of nitrogens with zero attached hydrogens (tertiary/aromatic N) is 3. The molecule has 2 aromatic carbocycles. The average molecular weight is 321 g/mol. The van der Waals surface area contributed by atoms with Crippen LogP contribution >= 0.6 is 0 Å². The molecule has 122 valence electrons. The minimum absolute atomic E-state index is 0.440. The zero-order valence-electron chi connectivity index (χ0n) is 13.9. The van der Waals surface area contributed by atoms with Crippen molar-refractivity contribution in [3.05, 3.63) is 59.8 Å². The van der Waals surface area contributed by atoms with E-state index in [0.29, 0.717) is 11.8 Å². The summed E-state index contributed by atoms with van der Waals surface area (Å²) in [6, 6.07) is 13.8. The zero-order chi connectivity index (χ0) is 16.9. The topological polar surface area (TPSA) is 72.0 Å². The number of ether oxygens (including phenoxy) is 1. The lowest BCUT2D eigenvalue weighted by Gasteiger charge is -2.10. The molecule has 0 spiro atoms. The summed E-state index contributed by atoms with van der Waals surface area (Å²) in [5.74, 6) is 1.82. The predicted octanol–water partition coefficient (Wildman–Crippen LogP) is 3.98. The van der Waals surface area contributed by atoms with Crippen molar-refractivity contribution in [2.75, 3.05) is 17.7 Å². The second-order valence-corrected chi connectivity index (χ2v) is 5.47. The maximum absolute atomic E-state index is 5.22. The van der Waals surface area contributed by atoms with E-state index in [4.69, 9.17) is 4.74 Å². The van der Waals surface area contributed by atoms with E-state index in [9.17, 15) is 0 Å². The highest BCUT2D eigenvalue weighted by Gasteiger charge is 2.05. The van der Waals surface area contributed by atoms with Gasteiger partial charge in [-0.15, -0.1) is 5.10 Å². The fourth-order valence-corrected chi connectivity index (χ4v) is 2.34. The van der Waals surface area contributed by atoms with Gasteiger partial charge in [-0.25, -0.2) is 0 Å². The van der Waals surface area contributed by atoms with Crippen LogP contribution in [0, 0.1) is 13.8 Å². The van der Waals surface area contributed by atoms with Gasteiger partial charge < -0.3 is 15.4 Å². The van der Waals surface area contributed by atoms with Crippen LogP contribution in [0.1, 0.15) is 11.1 Å². The number of anilines is 4. The first-order valence-electron chi connectivity index (χ1n) is 7.59. The van der Waals surface area contributed by atoms with Gasteiger partial charge in [-0.3, -0.25) is 0 Å². The smallest absolute Gasteiger partial charge is 0.249 e. The van der Waals surface area contributed by atoms with Gasteiger partial charge >= 0.3 is 0 Å². The molecule has 24 heavy (non-hydrogen) atoms. The van der Waals surface area contributed by atoms with E-state index in [-0.39, 0.29) is 0 Å². The minimum Gasteiger partial charge on any atom is -0.497 e. The molecule has 0 atom stereocenters. The summed E-state index contributed by atoms with van der Waals surface area (Å²) in [4.78, 5) is 4.45. The van der Waals surface area contributed by atoms with Crippen molar-refractivity contribution in [1.82, 2.24) is 15.2 Å². The van der Waals surface area contributed by atoms with Crippen LogP contribution < -0.4 is 15.4 Å². The Hall–Kier alpha value is -3.15. The van der Waals surface area contributed by atoms with Crippen molar-refractivity contribution in [2.24, 2.45) is 0 Å². The van der Waals surface area contributed by atoms with E-state index in [1.54, 1.807) is 13.3 Å². The second kappa shape index (κ2) is 6.95. The predicted molar refractivity (Wildman–Crippen MR) is 95.3 cm³/mol. The number of rotatable bonds is 5. The molecular formula is C18H19N5O. The Balaban J connectivity index is 1.78. The standard InChI is InChI=1S/C18H19N5O/c1-12-7-8-16(13(2)9-12)21-18-22-17(11-19-23-18)20-14-5-4-6-15(10-14)24-3/h4-11H,1-3H3,(H2,20,21,22,23). The third-order valence-corrected chi connectivity index (χ3v) is 3.53. The fraction of sp³-hybridized carbons (Fsp3) is 0.167. The van der Waals surface area contributed by atoms with Gasteiger partial charge in [-0.2, -0.15) is 10.1 Å². The molecule has 0 bridgehead atoms. The van der Waals surface area contributed by atoms with Gasteiger partial charge in [0.25, 0.3) is 0 Å². The van der Waals surface area contributed by atoms with E-state index in [2.05, 4.69) is 38.8 Å². The van der Waals surface area contributed by atoms with Crippen LogP contribution in [0.2, 0.25) is 0 Å². The average Bonchev–Trinajstić information content (AvgIpc) is 2.58.